The standard InChI is InChI=1S/C28H28N2O2/c1-5-19-11-17-23(18-12-19)30-26(31)24(20-9-7-6-8-10-20)25(27(30)32)29-22-15-13-21(14-16-22)28(2,3)4/h6-18,29H,5H2,1-4H3. The summed E-state index contributed by atoms with van der Waals surface area (Å²) < 4.78 is 0. The van der Waals surface area contributed by atoms with E-state index >= 15 is 0 Å². The van der Waals surface area contributed by atoms with Crippen LogP contribution in [0.3, 0.4) is 0 Å². The Morgan fingerprint density at radius 1 is 0.781 bits per heavy atom. The van der Waals surface area contributed by atoms with Gasteiger partial charge in [0.25, 0.3) is 11.8 Å². The molecule has 162 valence electrons. The van der Waals surface area contributed by atoms with Crippen LogP contribution in [-0.4, -0.2) is 11.8 Å². The molecule has 0 radical (unpaired) electrons. The Labute approximate surface area is 189 Å². The molecular weight excluding hydrogens is 396 g/mol. The molecule has 4 heteroatoms. The maximum atomic E-state index is 13.5. The van der Waals surface area contributed by atoms with Crippen LogP contribution >= 0.6 is 0 Å². The number of aryl methyl sites for hydroxylation is 1. The molecule has 4 nitrogen and oxygen atoms in total. The van der Waals surface area contributed by atoms with Crippen molar-refractivity contribution < 1.29 is 9.59 Å². The van der Waals surface area contributed by atoms with Gasteiger partial charge in [0, 0.05) is 5.69 Å². The maximum absolute atomic E-state index is 13.5. The Balaban J connectivity index is 1.74. The summed E-state index contributed by atoms with van der Waals surface area (Å²) in [4.78, 5) is 28.2. The van der Waals surface area contributed by atoms with Gasteiger partial charge in [-0.15, -0.1) is 0 Å². The van der Waals surface area contributed by atoms with Crippen molar-refractivity contribution in [3.63, 3.8) is 0 Å². The van der Waals surface area contributed by atoms with Crippen LogP contribution in [0.15, 0.2) is 84.6 Å². The zero-order chi connectivity index (χ0) is 22.9. The predicted octanol–water partition coefficient (Wildman–Crippen LogP) is 5.94. The fraction of sp³-hybridized carbons (Fsp3) is 0.214. The lowest BCUT2D eigenvalue weighted by Crippen LogP contribution is -2.32. The minimum atomic E-state index is -0.349. The fourth-order valence-corrected chi connectivity index (χ4v) is 3.83. The first-order chi connectivity index (χ1) is 15.3. The fourth-order valence-electron chi connectivity index (χ4n) is 3.83. The highest BCUT2D eigenvalue weighted by molar-refractivity contribution is 6.46. The number of nitrogens with one attached hydrogen (secondary N) is 1. The first-order valence-electron chi connectivity index (χ1n) is 10.9. The molecule has 0 saturated carbocycles. The van der Waals surface area contributed by atoms with E-state index in [2.05, 4.69) is 33.0 Å². The number of hydrogen-bond acceptors (Lipinski definition) is 3. The molecule has 0 fully saturated rings. The first-order valence-corrected chi connectivity index (χ1v) is 10.9. The van der Waals surface area contributed by atoms with Gasteiger partial charge in [-0.05, 0) is 52.8 Å². The summed E-state index contributed by atoms with van der Waals surface area (Å²) in [6, 6.07) is 24.9. The molecule has 1 N–H and O–H groups in total. The SMILES string of the molecule is CCc1ccc(N2C(=O)C(Nc3ccc(C(C)(C)C)cc3)=C(c3ccccc3)C2=O)cc1. The van der Waals surface area contributed by atoms with E-state index in [4.69, 9.17) is 0 Å². The van der Waals surface area contributed by atoms with Crippen molar-refractivity contribution in [2.24, 2.45) is 0 Å². The highest BCUT2D eigenvalue weighted by atomic mass is 16.2. The molecule has 32 heavy (non-hydrogen) atoms. The molecule has 0 saturated heterocycles. The molecule has 1 aliphatic heterocycles. The van der Waals surface area contributed by atoms with Crippen molar-refractivity contribution in [3.05, 3.63) is 101 Å². The number of imide groups is 1. The summed E-state index contributed by atoms with van der Waals surface area (Å²) in [7, 11) is 0. The molecule has 0 unspecified atom stereocenters. The van der Waals surface area contributed by atoms with Gasteiger partial charge in [-0.25, -0.2) is 4.90 Å². The van der Waals surface area contributed by atoms with Gasteiger partial charge < -0.3 is 5.32 Å². The number of carbonyl (C=O) groups excluding carboxylic acids is 2. The van der Waals surface area contributed by atoms with E-state index in [1.165, 1.54) is 10.5 Å². The monoisotopic (exact) mass is 424 g/mol. The average Bonchev–Trinajstić information content (AvgIpc) is 3.03. The first kappa shape index (κ1) is 21.6. The van der Waals surface area contributed by atoms with E-state index in [0.29, 0.717) is 22.5 Å². The van der Waals surface area contributed by atoms with Gasteiger partial charge in [0.05, 0.1) is 11.3 Å². The summed E-state index contributed by atoms with van der Waals surface area (Å²) in [6.45, 7) is 8.55. The lowest BCUT2D eigenvalue weighted by Gasteiger charge is -2.19. The van der Waals surface area contributed by atoms with Gasteiger partial charge in [0.2, 0.25) is 0 Å². The number of amides is 2. The number of carbonyl (C=O) groups is 2. The summed E-state index contributed by atoms with van der Waals surface area (Å²) in [5, 5.41) is 3.24. The molecule has 1 aliphatic rings. The van der Waals surface area contributed by atoms with Crippen LogP contribution in [0.4, 0.5) is 11.4 Å². The van der Waals surface area contributed by atoms with Gasteiger partial charge in [0.15, 0.2) is 0 Å². The van der Waals surface area contributed by atoms with Crippen LogP contribution in [0.2, 0.25) is 0 Å². The van der Waals surface area contributed by atoms with Gasteiger partial charge in [-0.2, -0.15) is 0 Å². The molecule has 0 bridgehead atoms. The molecule has 2 amide bonds. The van der Waals surface area contributed by atoms with Gasteiger partial charge in [-0.1, -0.05) is 82.3 Å². The number of anilines is 2. The normalized spacial score (nSPS) is 14.3. The second kappa shape index (κ2) is 8.46. The Morgan fingerprint density at radius 2 is 1.41 bits per heavy atom. The summed E-state index contributed by atoms with van der Waals surface area (Å²) in [5.41, 5.74) is 5.13. The molecule has 0 aromatic heterocycles. The van der Waals surface area contributed by atoms with Crippen LogP contribution in [0.5, 0.6) is 0 Å². The third kappa shape index (κ3) is 4.09. The van der Waals surface area contributed by atoms with E-state index < -0.39 is 0 Å². The third-order valence-corrected chi connectivity index (χ3v) is 5.77. The Hall–Kier alpha value is -3.66. The number of benzene rings is 3. The second-order valence-electron chi connectivity index (χ2n) is 9.03. The van der Waals surface area contributed by atoms with Crippen molar-refractivity contribution >= 4 is 28.8 Å². The van der Waals surface area contributed by atoms with E-state index in [0.717, 1.165) is 17.7 Å². The quantitative estimate of drug-likeness (QED) is 0.516. The number of rotatable bonds is 5. The highest BCUT2D eigenvalue weighted by Gasteiger charge is 2.40. The Morgan fingerprint density at radius 3 is 1.97 bits per heavy atom. The average molecular weight is 425 g/mol. The smallest absolute Gasteiger partial charge is 0.282 e. The highest BCUT2D eigenvalue weighted by Crippen LogP contribution is 2.34. The zero-order valence-corrected chi connectivity index (χ0v) is 19.0. The predicted molar refractivity (Wildman–Crippen MR) is 130 cm³/mol. The largest absolute Gasteiger partial charge is 0.350 e. The molecule has 1 heterocycles. The minimum Gasteiger partial charge on any atom is -0.350 e. The molecule has 0 aliphatic carbocycles. The minimum absolute atomic E-state index is 0.0353. The summed E-state index contributed by atoms with van der Waals surface area (Å²) in [5.74, 6) is -0.669. The maximum Gasteiger partial charge on any atom is 0.282 e. The van der Waals surface area contributed by atoms with E-state index in [9.17, 15) is 9.59 Å². The van der Waals surface area contributed by atoms with Crippen LogP contribution in [0.1, 0.15) is 44.4 Å². The van der Waals surface area contributed by atoms with Crippen LogP contribution in [0.25, 0.3) is 5.57 Å². The number of hydrogen-bond donors (Lipinski definition) is 1. The zero-order valence-electron chi connectivity index (χ0n) is 19.0. The molecule has 4 rings (SSSR count). The van der Waals surface area contributed by atoms with E-state index in [-0.39, 0.29) is 17.2 Å². The molecule has 0 spiro atoms. The molecule has 3 aromatic rings. The number of nitrogens with zero attached hydrogens (tertiary/aromatic N) is 1. The van der Waals surface area contributed by atoms with Crippen LogP contribution in [0, 0.1) is 0 Å². The Kier molecular flexibility index (Phi) is 5.70. The van der Waals surface area contributed by atoms with Crippen molar-refractivity contribution in [1.29, 1.82) is 0 Å². The van der Waals surface area contributed by atoms with Gasteiger partial charge in [-0.3, -0.25) is 9.59 Å². The van der Waals surface area contributed by atoms with Crippen molar-refractivity contribution in [2.75, 3.05) is 10.2 Å². The van der Waals surface area contributed by atoms with Crippen molar-refractivity contribution in [3.8, 4) is 0 Å². The van der Waals surface area contributed by atoms with Gasteiger partial charge >= 0.3 is 0 Å². The lowest BCUT2D eigenvalue weighted by molar-refractivity contribution is -0.120. The van der Waals surface area contributed by atoms with Gasteiger partial charge in [0.1, 0.15) is 5.70 Å². The van der Waals surface area contributed by atoms with Crippen molar-refractivity contribution in [2.45, 2.75) is 39.5 Å². The Bertz CT molecular complexity index is 1170. The second-order valence-corrected chi connectivity index (χ2v) is 9.03. The van der Waals surface area contributed by atoms with E-state index in [1.54, 1.807) is 0 Å². The topological polar surface area (TPSA) is 49.4 Å². The summed E-state index contributed by atoms with van der Waals surface area (Å²) in [6.07, 6.45) is 0.896. The lowest BCUT2D eigenvalue weighted by atomic mass is 9.87. The van der Waals surface area contributed by atoms with Crippen LogP contribution in [-0.2, 0) is 21.4 Å². The third-order valence-electron chi connectivity index (χ3n) is 5.77. The summed E-state index contributed by atoms with van der Waals surface area (Å²) >= 11 is 0. The molecule has 0 atom stereocenters. The molecular formula is C28H28N2O2. The van der Waals surface area contributed by atoms with E-state index in [1.807, 2.05) is 78.9 Å². The van der Waals surface area contributed by atoms with Crippen molar-refractivity contribution in [1.82, 2.24) is 0 Å². The molecule has 3 aromatic carbocycles. The van der Waals surface area contributed by atoms with Crippen LogP contribution < -0.4 is 10.2 Å².